The summed E-state index contributed by atoms with van der Waals surface area (Å²) in [5, 5.41) is 8.69. The number of esters is 1. The molecule has 0 fully saturated rings. The van der Waals surface area contributed by atoms with Crippen LogP contribution in [0.1, 0.15) is 60.4 Å². The molecule has 0 aliphatic carbocycles. The summed E-state index contributed by atoms with van der Waals surface area (Å²) in [6, 6.07) is 7.20. The van der Waals surface area contributed by atoms with Gasteiger partial charge in [-0.1, -0.05) is 30.7 Å². The second-order valence-corrected chi connectivity index (χ2v) is 8.41. The summed E-state index contributed by atoms with van der Waals surface area (Å²) in [5.74, 6) is -0.00107. The Bertz CT molecular complexity index is 1230. The van der Waals surface area contributed by atoms with E-state index in [4.69, 9.17) is 20.8 Å². The average Bonchev–Trinajstić information content (AvgIpc) is 3.39. The maximum Gasteiger partial charge on any atom is 0.340 e. The van der Waals surface area contributed by atoms with E-state index < -0.39 is 5.97 Å². The first-order chi connectivity index (χ1) is 16.8. The van der Waals surface area contributed by atoms with Crippen molar-refractivity contribution in [1.82, 2.24) is 19.7 Å². The van der Waals surface area contributed by atoms with E-state index in [2.05, 4.69) is 10.2 Å². The van der Waals surface area contributed by atoms with Crippen LogP contribution in [0, 0.1) is 13.8 Å². The number of carbonyl (C=O) groups is 2. The molecule has 35 heavy (non-hydrogen) atoms. The van der Waals surface area contributed by atoms with E-state index in [1.807, 2.05) is 44.4 Å². The number of ether oxygens (including phenoxy) is 1. The standard InChI is InChI=1S/C26H31ClN4O4/c1-6-15-30(16-22-28-29-25(35-22)20-11-9-10-12-21(20)27)23(32)14-13-19-17(4)31(7-2)18(5)24(19)26(33)34-8-3/h9-14H,6-8,15-16H2,1-5H3/b14-13+. The molecule has 3 aromatic rings. The molecular formula is C26H31ClN4O4. The molecule has 0 spiro atoms. The van der Waals surface area contributed by atoms with Crippen molar-refractivity contribution in [3.63, 3.8) is 0 Å². The van der Waals surface area contributed by atoms with Crippen LogP contribution in [0.4, 0.5) is 0 Å². The minimum Gasteiger partial charge on any atom is -0.462 e. The van der Waals surface area contributed by atoms with Crippen LogP contribution < -0.4 is 0 Å². The zero-order valence-electron chi connectivity index (χ0n) is 20.8. The summed E-state index contributed by atoms with van der Waals surface area (Å²) < 4.78 is 13.1. The van der Waals surface area contributed by atoms with E-state index in [1.165, 1.54) is 6.08 Å². The Kier molecular flexibility index (Phi) is 8.87. The summed E-state index contributed by atoms with van der Waals surface area (Å²) in [6.07, 6.45) is 3.92. The Morgan fingerprint density at radius 1 is 1.14 bits per heavy atom. The van der Waals surface area contributed by atoms with Gasteiger partial charge in [0.25, 0.3) is 0 Å². The van der Waals surface area contributed by atoms with E-state index in [-0.39, 0.29) is 19.1 Å². The lowest BCUT2D eigenvalue weighted by Crippen LogP contribution is -2.29. The molecule has 0 unspecified atom stereocenters. The molecule has 1 aromatic carbocycles. The number of rotatable bonds is 10. The van der Waals surface area contributed by atoms with Crippen LogP contribution in [0.15, 0.2) is 34.8 Å². The van der Waals surface area contributed by atoms with Gasteiger partial charge in [-0.05, 0) is 52.3 Å². The average molecular weight is 499 g/mol. The molecule has 1 amide bonds. The summed E-state index contributed by atoms with van der Waals surface area (Å²) in [4.78, 5) is 27.4. The van der Waals surface area contributed by atoms with E-state index in [0.29, 0.717) is 46.6 Å². The van der Waals surface area contributed by atoms with Crippen LogP contribution in [0.3, 0.4) is 0 Å². The van der Waals surface area contributed by atoms with Crippen LogP contribution in [0.5, 0.6) is 0 Å². The van der Waals surface area contributed by atoms with Crippen molar-refractivity contribution in [2.45, 2.75) is 54.1 Å². The highest BCUT2D eigenvalue weighted by atomic mass is 35.5. The van der Waals surface area contributed by atoms with Gasteiger partial charge in [0.05, 0.1) is 29.3 Å². The van der Waals surface area contributed by atoms with E-state index in [1.54, 1.807) is 30.0 Å². The highest BCUT2D eigenvalue weighted by molar-refractivity contribution is 6.33. The number of amides is 1. The van der Waals surface area contributed by atoms with E-state index in [9.17, 15) is 9.59 Å². The number of aromatic nitrogens is 3. The van der Waals surface area contributed by atoms with Gasteiger partial charge in [-0.2, -0.15) is 0 Å². The molecule has 3 rings (SSSR count). The van der Waals surface area contributed by atoms with Gasteiger partial charge in [0.2, 0.25) is 17.7 Å². The van der Waals surface area contributed by atoms with Gasteiger partial charge in [-0.3, -0.25) is 4.79 Å². The normalized spacial score (nSPS) is 11.3. The van der Waals surface area contributed by atoms with Gasteiger partial charge >= 0.3 is 5.97 Å². The van der Waals surface area contributed by atoms with Crippen molar-refractivity contribution in [1.29, 1.82) is 0 Å². The minimum atomic E-state index is -0.393. The summed E-state index contributed by atoms with van der Waals surface area (Å²) in [6.45, 7) is 11.2. The lowest BCUT2D eigenvalue weighted by atomic mass is 10.1. The van der Waals surface area contributed by atoms with Crippen LogP contribution in [-0.2, 0) is 22.6 Å². The van der Waals surface area contributed by atoms with Gasteiger partial charge in [0, 0.05) is 36.1 Å². The number of hydrogen-bond donors (Lipinski definition) is 0. The van der Waals surface area contributed by atoms with Gasteiger partial charge in [0.15, 0.2) is 0 Å². The molecule has 186 valence electrons. The second kappa shape index (κ2) is 11.8. The molecule has 0 aliphatic rings. The molecule has 0 N–H and O–H groups in total. The maximum absolute atomic E-state index is 13.1. The topological polar surface area (TPSA) is 90.5 Å². The Morgan fingerprint density at radius 3 is 2.54 bits per heavy atom. The SMILES string of the molecule is CCCN(Cc1nnc(-c2ccccc2Cl)o1)C(=O)/C=C/c1c(C(=O)OCC)c(C)n(CC)c1C. The number of nitrogens with zero attached hydrogens (tertiary/aromatic N) is 4. The van der Waals surface area contributed by atoms with Gasteiger partial charge in [-0.15, -0.1) is 10.2 Å². The Labute approximate surface area is 210 Å². The predicted molar refractivity (Wildman–Crippen MR) is 135 cm³/mol. The molecule has 0 bridgehead atoms. The predicted octanol–water partition coefficient (Wildman–Crippen LogP) is 5.46. The largest absolute Gasteiger partial charge is 0.462 e. The molecule has 2 aromatic heterocycles. The quantitative estimate of drug-likeness (QED) is 0.272. The van der Waals surface area contributed by atoms with Crippen molar-refractivity contribution in [2.24, 2.45) is 0 Å². The smallest absolute Gasteiger partial charge is 0.340 e. The third-order valence-electron chi connectivity index (χ3n) is 5.72. The third-order valence-corrected chi connectivity index (χ3v) is 6.05. The molecule has 8 nitrogen and oxygen atoms in total. The molecule has 2 heterocycles. The van der Waals surface area contributed by atoms with E-state index >= 15 is 0 Å². The first-order valence-corrected chi connectivity index (χ1v) is 12.1. The van der Waals surface area contributed by atoms with Gasteiger partial charge in [0.1, 0.15) is 0 Å². The van der Waals surface area contributed by atoms with E-state index in [0.717, 1.165) is 17.8 Å². The summed E-state index contributed by atoms with van der Waals surface area (Å²) in [5.41, 5.74) is 3.53. The fraction of sp³-hybridized carbons (Fsp3) is 0.385. The molecule has 0 aliphatic heterocycles. The number of carbonyl (C=O) groups excluding carboxylic acids is 2. The Balaban J connectivity index is 1.84. The van der Waals surface area contributed by atoms with Gasteiger partial charge in [-0.25, -0.2) is 4.79 Å². The highest BCUT2D eigenvalue weighted by Gasteiger charge is 2.23. The maximum atomic E-state index is 13.1. The lowest BCUT2D eigenvalue weighted by Gasteiger charge is -2.18. The molecular weight excluding hydrogens is 468 g/mol. The van der Waals surface area contributed by atoms with Crippen molar-refractivity contribution in [3.05, 3.63) is 63.8 Å². The fourth-order valence-corrected chi connectivity index (χ4v) is 4.28. The van der Waals surface area contributed by atoms with Crippen LogP contribution in [0.25, 0.3) is 17.5 Å². The number of hydrogen-bond acceptors (Lipinski definition) is 6. The highest BCUT2D eigenvalue weighted by Crippen LogP contribution is 2.27. The fourth-order valence-electron chi connectivity index (χ4n) is 4.07. The first kappa shape index (κ1) is 26.2. The molecule has 0 atom stereocenters. The zero-order chi connectivity index (χ0) is 25.5. The molecule has 0 saturated carbocycles. The molecule has 9 heteroatoms. The van der Waals surface area contributed by atoms with Crippen LogP contribution >= 0.6 is 11.6 Å². The number of benzene rings is 1. The summed E-state index contributed by atoms with van der Waals surface area (Å²) in [7, 11) is 0. The molecule has 0 radical (unpaired) electrons. The van der Waals surface area contributed by atoms with Gasteiger partial charge < -0.3 is 18.6 Å². The van der Waals surface area contributed by atoms with Crippen LogP contribution in [-0.4, -0.2) is 44.7 Å². The third kappa shape index (κ3) is 5.82. The molecule has 0 saturated heterocycles. The summed E-state index contributed by atoms with van der Waals surface area (Å²) >= 11 is 6.23. The minimum absolute atomic E-state index is 0.160. The van der Waals surface area contributed by atoms with Crippen molar-refractivity contribution in [2.75, 3.05) is 13.2 Å². The van der Waals surface area contributed by atoms with Crippen molar-refractivity contribution in [3.8, 4) is 11.5 Å². The van der Waals surface area contributed by atoms with Crippen LogP contribution in [0.2, 0.25) is 5.02 Å². The lowest BCUT2D eigenvalue weighted by molar-refractivity contribution is -0.126. The Hall–Kier alpha value is -3.39. The van der Waals surface area contributed by atoms with Crippen molar-refractivity contribution >= 4 is 29.6 Å². The first-order valence-electron chi connectivity index (χ1n) is 11.7. The van der Waals surface area contributed by atoms with Crippen molar-refractivity contribution < 1.29 is 18.7 Å². The number of halogens is 1. The second-order valence-electron chi connectivity index (χ2n) is 8.00. The monoisotopic (exact) mass is 498 g/mol. The zero-order valence-corrected chi connectivity index (χ0v) is 21.6. The Morgan fingerprint density at radius 2 is 1.89 bits per heavy atom.